The molecule has 6 rings (SSSR count). The van der Waals surface area contributed by atoms with E-state index in [0.29, 0.717) is 11.2 Å². The smallest absolute Gasteiger partial charge is 0.332 e. The molecular formula is C24H18ClF3N8O2. The first-order chi connectivity index (χ1) is 18.2. The Kier molecular flexibility index (Phi) is 5.67. The molecule has 0 N–H and O–H groups in total. The molecule has 10 nitrogen and oxygen atoms in total. The van der Waals surface area contributed by atoms with Crippen LogP contribution in [0.3, 0.4) is 0 Å². The van der Waals surface area contributed by atoms with E-state index >= 15 is 0 Å². The molecule has 194 valence electrons. The monoisotopic (exact) mass is 542 g/mol. The molecule has 1 aliphatic heterocycles. The maximum Gasteiger partial charge on any atom is 0.332 e. The van der Waals surface area contributed by atoms with Crippen molar-refractivity contribution >= 4 is 39.2 Å². The minimum atomic E-state index is -1.21. The molecule has 0 spiro atoms. The van der Waals surface area contributed by atoms with Crippen molar-refractivity contribution in [1.29, 1.82) is 0 Å². The van der Waals surface area contributed by atoms with Crippen LogP contribution in [0.5, 0.6) is 0 Å². The third-order valence-electron chi connectivity index (χ3n) is 6.43. The van der Waals surface area contributed by atoms with Crippen molar-refractivity contribution in [2.24, 2.45) is 7.05 Å². The average Bonchev–Trinajstić information content (AvgIpc) is 3.29. The minimum Gasteiger partial charge on any atom is -0.364 e. The Morgan fingerprint density at radius 1 is 1.00 bits per heavy atom. The van der Waals surface area contributed by atoms with E-state index in [2.05, 4.69) is 20.1 Å². The van der Waals surface area contributed by atoms with Crippen LogP contribution in [0, 0.1) is 11.6 Å². The van der Waals surface area contributed by atoms with Gasteiger partial charge in [-0.05, 0) is 23.8 Å². The van der Waals surface area contributed by atoms with Gasteiger partial charge in [0.1, 0.15) is 23.5 Å². The van der Waals surface area contributed by atoms with Gasteiger partial charge in [-0.3, -0.25) is 28.6 Å². The number of hydrogen-bond acceptors (Lipinski definition) is 7. The highest BCUT2D eigenvalue weighted by Gasteiger charge is 2.30. The summed E-state index contributed by atoms with van der Waals surface area (Å²) in [6.07, 6.45) is 3.28. The fourth-order valence-electron chi connectivity index (χ4n) is 4.63. The van der Waals surface area contributed by atoms with Gasteiger partial charge in [-0.2, -0.15) is 5.10 Å². The van der Waals surface area contributed by atoms with E-state index in [1.54, 1.807) is 18.0 Å². The van der Waals surface area contributed by atoms with Crippen LogP contribution in [0.1, 0.15) is 11.4 Å². The van der Waals surface area contributed by atoms with Crippen molar-refractivity contribution in [2.45, 2.75) is 19.3 Å². The Morgan fingerprint density at radius 2 is 1.74 bits per heavy atom. The fraction of sp³-hybridized carbons (Fsp3) is 0.250. The van der Waals surface area contributed by atoms with Gasteiger partial charge in [-0.1, -0.05) is 11.6 Å². The van der Waals surface area contributed by atoms with Gasteiger partial charge in [0, 0.05) is 19.4 Å². The molecule has 0 unspecified atom stereocenters. The van der Waals surface area contributed by atoms with Crippen LogP contribution in [-0.4, -0.2) is 53.1 Å². The van der Waals surface area contributed by atoms with Crippen molar-refractivity contribution in [2.75, 3.05) is 18.0 Å². The molecule has 0 radical (unpaired) electrons. The fourth-order valence-corrected chi connectivity index (χ4v) is 4.86. The first-order valence-electron chi connectivity index (χ1n) is 11.5. The molecule has 0 bridgehead atoms. The lowest BCUT2D eigenvalue weighted by atomic mass is 10.1. The van der Waals surface area contributed by atoms with E-state index in [1.165, 1.54) is 34.0 Å². The van der Waals surface area contributed by atoms with Gasteiger partial charge in [0.15, 0.2) is 17.5 Å². The van der Waals surface area contributed by atoms with Crippen LogP contribution in [-0.2, 0) is 20.1 Å². The molecule has 0 aliphatic carbocycles. The Balaban J connectivity index is 1.66. The summed E-state index contributed by atoms with van der Waals surface area (Å²) in [6.45, 7) is -0.267. The first-order valence-corrected chi connectivity index (χ1v) is 11.9. The normalized spacial score (nSPS) is 14.0. The van der Waals surface area contributed by atoms with Crippen molar-refractivity contribution in [3.8, 4) is 0 Å². The Morgan fingerprint density at radius 3 is 2.39 bits per heavy atom. The number of fused-ring (bicyclic) bond motifs is 3. The molecule has 0 amide bonds. The highest BCUT2D eigenvalue weighted by atomic mass is 35.5. The molecule has 4 heterocycles. The van der Waals surface area contributed by atoms with Crippen LogP contribution >= 0.6 is 11.6 Å². The number of benzene rings is 2. The molecule has 0 atom stereocenters. The van der Waals surface area contributed by atoms with Crippen LogP contribution in [0.4, 0.5) is 18.9 Å². The van der Waals surface area contributed by atoms with E-state index in [9.17, 15) is 22.8 Å². The Labute approximate surface area is 216 Å². The quantitative estimate of drug-likeness (QED) is 0.248. The Bertz CT molecular complexity index is 1840. The van der Waals surface area contributed by atoms with E-state index in [4.69, 9.17) is 11.6 Å². The summed E-state index contributed by atoms with van der Waals surface area (Å²) in [7, 11) is 1.65. The average molecular weight is 543 g/mol. The summed E-state index contributed by atoms with van der Waals surface area (Å²) in [4.78, 5) is 42.1. The minimum absolute atomic E-state index is 0.0818. The van der Waals surface area contributed by atoms with Gasteiger partial charge in [-0.15, -0.1) is 0 Å². The second kappa shape index (κ2) is 8.94. The summed E-state index contributed by atoms with van der Waals surface area (Å²) in [5, 5.41) is 3.79. The van der Waals surface area contributed by atoms with Crippen LogP contribution in [0.15, 0.2) is 46.5 Å². The summed E-state index contributed by atoms with van der Waals surface area (Å²) in [5.74, 6) is -2.17. The highest BCUT2D eigenvalue weighted by molar-refractivity contribution is 6.30. The number of nitrogens with zero attached hydrogens (tertiary/aromatic N) is 8. The lowest BCUT2D eigenvalue weighted by Gasteiger charge is -2.36. The molecule has 5 aromatic rings. The van der Waals surface area contributed by atoms with Gasteiger partial charge >= 0.3 is 5.69 Å². The standard InChI is InChI=1S/C24H18ClF3N8O2/c1-33-11-31-18(32-33)10-36-23(37)19-16(35(24(36)38)7-12-4-14(25)20(28)15(27)5-12)6-17(34-8-13(26)9-34)21-22(19)30-3-2-29-21/h2-6,11,13H,7-10H2,1H3. The van der Waals surface area contributed by atoms with Crippen LogP contribution in [0.2, 0.25) is 5.02 Å². The zero-order valence-corrected chi connectivity index (χ0v) is 20.5. The lowest BCUT2D eigenvalue weighted by Crippen LogP contribution is -2.48. The van der Waals surface area contributed by atoms with Gasteiger partial charge in [-0.25, -0.2) is 22.9 Å². The molecule has 38 heavy (non-hydrogen) atoms. The molecule has 1 saturated heterocycles. The van der Waals surface area contributed by atoms with E-state index < -0.39 is 34.1 Å². The predicted molar refractivity (Wildman–Crippen MR) is 133 cm³/mol. The number of aromatic nitrogens is 7. The van der Waals surface area contributed by atoms with Crippen LogP contribution in [0.25, 0.3) is 21.9 Å². The number of alkyl halides is 1. The predicted octanol–water partition coefficient (Wildman–Crippen LogP) is 2.42. The van der Waals surface area contributed by atoms with E-state index in [1.807, 2.05) is 0 Å². The van der Waals surface area contributed by atoms with Gasteiger partial charge in [0.25, 0.3) is 5.56 Å². The van der Waals surface area contributed by atoms with Gasteiger partial charge in [0.2, 0.25) is 0 Å². The number of aryl methyl sites for hydroxylation is 1. The summed E-state index contributed by atoms with van der Waals surface area (Å²) >= 11 is 5.86. The zero-order chi connectivity index (χ0) is 26.7. The molecular weight excluding hydrogens is 525 g/mol. The van der Waals surface area contributed by atoms with Gasteiger partial charge < -0.3 is 4.90 Å². The number of rotatable bonds is 5. The van der Waals surface area contributed by atoms with Gasteiger partial charge in [0.05, 0.1) is 47.8 Å². The number of anilines is 1. The summed E-state index contributed by atoms with van der Waals surface area (Å²) < 4.78 is 45.4. The van der Waals surface area contributed by atoms with E-state index in [0.717, 1.165) is 10.6 Å². The van der Waals surface area contributed by atoms with Crippen molar-refractivity contribution in [3.63, 3.8) is 0 Å². The zero-order valence-electron chi connectivity index (χ0n) is 19.8. The summed E-state index contributed by atoms with van der Waals surface area (Å²) in [6, 6.07) is 3.71. The van der Waals surface area contributed by atoms with Crippen molar-refractivity contribution in [3.05, 3.63) is 85.8 Å². The molecule has 2 aromatic carbocycles. The highest BCUT2D eigenvalue weighted by Crippen LogP contribution is 2.33. The Hall–Kier alpha value is -4.26. The molecule has 1 aliphatic rings. The topological polar surface area (TPSA) is 104 Å². The summed E-state index contributed by atoms with van der Waals surface area (Å²) in [5.41, 5.74) is 0.0515. The molecule has 1 fully saturated rings. The van der Waals surface area contributed by atoms with Crippen LogP contribution < -0.4 is 16.1 Å². The molecule has 3 aromatic heterocycles. The second-order valence-electron chi connectivity index (χ2n) is 9.01. The lowest BCUT2D eigenvalue weighted by molar-refractivity contribution is 0.275. The SMILES string of the molecule is Cn1cnc(Cn2c(=O)c3c4nccnc4c(N4CC(F)C4)cc3n(Cc3cc(F)c(F)c(Cl)c3)c2=O)n1. The molecule has 14 heteroatoms. The number of hydrogen-bond donors (Lipinski definition) is 0. The maximum atomic E-state index is 14.2. The second-order valence-corrected chi connectivity index (χ2v) is 9.42. The molecule has 0 saturated carbocycles. The van der Waals surface area contributed by atoms with Crippen molar-refractivity contribution in [1.82, 2.24) is 33.9 Å². The largest absolute Gasteiger partial charge is 0.364 e. The van der Waals surface area contributed by atoms with Crippen molar-refractivity contribution < 1.29 is 13.2 Å². The first kappa shape index (κ1) is 24.1. The third-order valence-corrected chi connectivity index (χ3v) is 6.70. The maximum absolute atomic E-state index is 14.2. The third kappa shape index (κ3) is 3.90. The number of halogens is 4. The van der Waals surface area contributed by atoms with E-state index in [-0.39, 0.29) is 54.0 Å².